The minimum atomic E-state index is -0.931. The van der Waals surface area contributed by atoms with Crippen molar-refractivity contribution in [1.82, 2.24) is 10.6 Å². The Morgan fingerprint density at radius 2 is 2.00 bits per heavy atom. The standard InChI is InChI=1S/C9H18N2O4/c1-6(8(12)13)7(2)11-9(14)10-4-5-15-3/h6-7H,4-5H2,1-3H3,(H,12,13)(H2,10,11,14). The van der Waals surface area contributed by atoms with E-state index in [1.807, 2.05) is 0 Å². The Bertz CT molecular complexity index is 220. The molecule has 0 rings (SSSR count). The van der Waals surface area contributed by atoms with Crippen LogP contribution in [0.5, 0.6) is 0 Å². The van der Waals surface area contributed by atoms with Gasteiger partial charge in [0.15, 0.2) is 0 Å². The molecule has 15 heavy (non-hydrogen) atoms. The Morgan fingerprint density at radius 1 is 1.40 bits per heavy atom. The molecule has 2 amide bonds. The summed E-state index contributed by atoms with van der Waals surface area (Å²) in [6.07, 6.45) is 0. The molecule has 2 unspecified atom stereocenters. The second-order valence-corrected chi connectivity index (χ2v) is 3.31. The first-order chi connectivity index (χ1) is 6.99. The summed E-state index contributed by atoms with van der Waals surface area (Å²) in [6, 6.07) is -0.794. The van der Waals surface area contributed by atoms with E-state index in [-0.39, 0.29) is 6.03 Å². The molecule has 0 saturated carbocycles. The molecule has 6 nitrogen and oxygen atoms in total. The number of hydrogen-bond donors (Lipinski definition) is 3. The van der Waals surface area contributed by atoms with Gasteiger partial charge in [0, 0.05) is 19.7 Å². The second-order valence-electron chi connectivity index (χ2n) is 3.31. The van der Waals surface area contributed by atoms with Crippen LogP contribution in [-0.2, 0) is 9.53 Å². The van der Waals surface area contributed by atoms with Crippen molar-refractivity contribution in [2.45, 2.75) is 19.9 Å². The van der Waals surface area contributed by atoms with Crippen LogP contribution in [0, 0.1) is 5.92 Å². The molecule has 0 fully saturated rings. The third-order valence-corrected chi connectivity index (χ3v) is 2.09. The summed E-state index contributed by atoms with van der Waals surface area (Å²) in [5.74, 6) is -1.54. The van der Waals surface area contributed by atoms with E-state index in [2.05, 4.69) is 10.6 Å². The van der Waals surface area contributed by atoms with E-state index in [0.29, 0.717) is 13.2 Å². The van der Waals surface area contributed by atoms with Gasteiger partial charge in [-0.25, -0.2) is 4.79 Å². The van der Waals surface area contributed by atoms with Crippen molar-refractivity contribution < 1.29 is 19.4 Å². The van der Waals surface area contributed by atoms with Crippen LogP contribution in [0.4, 0.5) is 4.79 Å². The van der Waals surface area contributed by atoms with Gasteiger partial charge < -0.3 is 20.5 Å². The molecule has 0 aromatic heterocycles. The van der Waals surface area contributed by atoms with E-state index in [0.717, 1.165) is 0 Å². The van der Waals surface area contributed by atoms with Crippen molar-refractivity contribution in [3.8, 4) is 0 Å². The number of rotatable bonds is 6. The van der Waals surface area contributed by atoms with Crippen molar-refractivity contribution in [2.75, 3.05) is 20.3 Å². The lowest BCUT2D eigenvalue weighted by Gasteiger charge is -2.17. The summed E-state index contributed by atoms with van der Waals surface area (Å²) in [5, 5.41) is 13.8. The van der Waals surface area contributed by atoms with E-state index in [9.17, 15) is 9.59 Å². The van der Waals surface area contributed by atoms with Crippen LogP contribution in [0.15, 0.2) is 0 Å². The number of carboxylic acids is 1. The largest absolute Gasteiger partial charge is 0.481 e. The van der Waals surface area contributed by atoms with Crippen LogP contribution in [-0.4, -0.2) is 43.4 Å². The smallest absolute Gasteiger partial charge is 0.315 e. The van der Waals surface area contributed by atoms with Gasteiger partial charge in [0.2, 0.25) is 0 Å². The highest BCUT2D eigenvalue weighted by molar-refractivity contribution is 5.76. The molecular weight excluding hydrogens is 200 g/mol. The lowest BCUT2D eigenvalue weighted by molar-refractivity contribution is -0.141. The summed E-state index contributed by atoms with van der Waals surface area (Å²) in [6.45, 7) is 4.02. The predicted octanol–water partition coefficient (Wildman–Crippen LogP) is 0.0412. The molecule has 2 atom stereocenters. The Hall–Kier alpha value is -1.30. The Labute approximate surface area is 89.0 Å². The van der Waals surface area contributed by atoms with Gasteiger partial charge in [-0.3, -0.25) is 4.79 Å². The lowest BCUT2D eigenvalue weighted by Crippen LogP contribution is -2.45. The third kappa shape index (κ3) is 5.90. The first-order valence-electron chi connectivity index (χ1n) is 4.75. The van der Waals surface area contributed by atoms with Crippen molar-refractivity contribution in [1.29, 1.82) is 0 Å². The van der Waals surface area contributed by atoms with Crippen LogP contribution in [0.1, 0.15) is 13.8 Å². The maximum Gasteiger partial charge on any atom is 0.315 e. The fourth-order valence-corrected chi connectivity index (χ4v) is 0.863. The fraction of sp³-hybridized carbons (Fsp3) is 0.778. The van der Waals surface area contributed by atoms with Gasteiger partial charge in [-0.05, 0) is 13.8 Å². The summed E-state index contributed by atoms with van der Waals surface area (Å²) < 4.78 is 4.75. The van der Waals surface area contributed by atoms with Crippen LogP contribution < -0.4 is 10.6 Å². The zero-order chi connectivity index (χ0) is 11.8. The Kier molecular flexibility index (Phi) is 6.44. The normalized spacial score (nSPS) is 14.1. The lowest BCUT2D eigenvalue weighted by atomic mass is 10.0. The number of carbonyl (C=O) groups excluding carboxylic acids is 1. The number of ether oxygens (including phenoxy) is 1. The SMILES string of the molecule is COCCNC(=O)NC(C)C(C)C(=O)O. The van der Waals surface area contributed by atoms with Crippen molar-refractivity contribution in [2.24, 2.45) is 5.92 Å². The van der Waals surface area contributed by atoms with Crippen LogP contribution in [0.25, 0.3) is 0 Å². The molecule has 0 aromatic rings. The number of carbonyl (C=O) groups is 2. The van der Waals surface area contributed by atoms with Gasteiger partial charge in [0.1, 0.15) is 0 Å². The van der Waals surface area contributed by atoms with Gasteiger partial charge in [-0.15, -0.1) is 0 Å². The average Bonchev–Trinajstić information content (AvgIpc) is 2.16. The summed E-state index contributed by atoms with van der Waals surface area (Å²) in [7, 11) is 1.54. The number of amides is 2. The molecule has 0 aliphatic carbocycles. The zero-order valence-electron chi connectivity index (χ0n) is 9.24. The summed E-state index contributed by atoms with van der Waals surface area (Å²) >= 11 is 0. The second kappa shape index (κ2) is 7.05. The molecule has 0 radical (unpaired) electrons. The Morgan fingerprint density at radius 3 is 2.47 bits per heavy atom. The third-order valence-electron chi connectivity index (χ3n) is 2.09. The topological polar surface area (TPSA) is 87.7 Å². The van der Waals surface area contributed by atoms with Crippen LogP contribution in [0.3, 0.4) is 0 Å². The molecule has 0 heterocycles. The van der Waals surface area contributed by atoms with Crippen molar-refractivity contribution in [3.63, 3.8) is 0 Å². The van der Waals surface area contributed by atoms with E-state index in [4.69, 9.17) is 9.84 Å². The van der Waals surface area contributed by atoms with Gasteiger partial charge in [-0.1, -0.05) is 0 Å². The van der Waals surface area contributed by atoms with Gasteiger partial charge in [0.25, 0.3) is 0 Å². The average molecular weight is 218 g/mol. The maximum atomic E-state index is 11.2. The molecule has 0 spiro atoms. The maximum absolute atomic E-state index is 11.2. The Balaban J connectivity index is 3.80. The first-order valence-corrected chi connectivity index (χ1v) is 4.75. The van der Waals surface area contributed by atoms with Gasteiger partial charge in [0.05, 0.1) is 12.5 Å². The van der Waals surface area contributed by atoms with E-state index in [1.165, 1.54) is 7.11 Å². The number of aliphatic carboxylic acids is 1. The number of methoxy groups -OCH3 is 1. The van der Waals surface area contributed by atoms with Crippen LogP contribution in [0.2, 0.25) is 0 Å². The number of hydrogen-bond acceptors (Lipinski definition) is 3. The van der Waals surface area contributed by atoms with Gasteiger partial charge >= 0.3 is 12.0 Å². The highest BCUT2D eigenvalue weighted by Crippen LogP contribution is 2.01. The quantitative estimate of drug-likeness (QED) is 0.549. The van der Waals surface area contributed by atoms with E-state index in [1.54, 1.807) is 13.8 Å². The molecular formula is C9H18N2O4. The van der Waals surface area contributed by atoms with E-state index < -0.39 is 17.9 Å². The molecule has 6 heteroatoms. The fourth-order valence-electron chi connectivity index (χ4n) is 0.863. The molecule has 88 valence electrons. The molecule has 0 bridgehead atoms. The van der Waals surface area contributed by atoms with Crippen LogP contribution >= 0.6 is 0 Å². The minimum Gasteiger partial charge on any atom is -0.481 e. The summed E-state index contributed by atoms with van der Waals surface area (Å²) in [4.78, 5) is 21.8. The first kappa shape index (κ1) is 13.7. The highest BCUT2D eigenvalue weighted by Gasteiger charge is 2.20. The van der Waals surface area contributed by atoms with Crippen molar-refractivity contribution >= 4 is 12.0 Å². The number of carboxylic acid groups (broad SMARTS) is 1. The summed E-state index contributed by atoms with van der Waals surface area (Å²) in [5.41, 5.74) is 0. The molecule has 0 aliphatic rings. The monoisotopic (exact) mass is 218 g/mol. The minimum absolute atomic E-state index is 0.382. The van der Waals surface area contributed by atoms with Gasteiger partial charge in [-0.2, -0.15) is 0 Å². The zero-order valence-corrected chi connectivity index (χ0v) is 9.24. The number of urea groups is 1. The highest BCUT2D eigenvalue weighted by atomic mass is 16.5. The molecule has 0 aromatic carbocycles. The van der Waals surface area contributed by atoms with E-state index >= 15 is 0 Å². The van der Waals surface area contributed by atoms with Crippen molar-refractivity contribution in [3.05, 3.63) is 0 Å². The predicted molar refractivity (Wildman–Crippen MR) is 54.7 cm³/mol. The molecule has 3 N–H and O–H groups in total. The molecule has 0 aliphatic heterocycles. The molecule has 0 saturated heterocycles. The number of nitrogens with one attached hydrogen (secondary N) is 2.